The van der Waals surface area contributed by atoms with Crippen LogP contribution >= 0.6 is 0 Å². The molecular weight excluding hydrogens is 364 g/mol. The number of carbonyl (C=O) groups excluding carboxylic acids is 1. The summed E-state index contributed by atoms with van der Waals surface area (Å²) in [6.45, 7) is 5.04. The highest BCUT2D eigenvalue weighted by molar-refractivity contribution is 5.92. The first-order chi connectivity index (χ1) is 14.0. The van der Waals surface area contributed by atoms with Crippen molar-refractivity contribution in [1.29, 1.82) is 0 Å². The van der Waals surface area contributed by atoms with Gasteiger partial charge in [0, 0.05) is 18.8 Å². The van der Waals surface area contributed by atoms with Crippen molar-refractivity contribution in [2.45, 2.75) is 26.8 Å². The fourth-order valence-corrected chi connectivity index (χ4v) is 2.85. The fourth-order valence-electron chi connectivity index (χ4n) is 2.85. The van der Waals surface area contributed by atoms with E-state index in [4.69, 9.17) is 4.74 Å². The van der Waals surface area contributed by atoms with Crippen molar-refractivity contribution in [1.82, 2.24) is 15.3 Å². The Morgan fingerprint density at radius 2 is 1.66 bits per heavy atom. The third kappa shape index (κ3) is 6.04. The van der Waals surface area contributed by atoms with E-state index in [-0.39, 0.29) is 5.91 Å². The zero-order valence-corrected chi connectivity index (χ0v) is 17.0. The molecule has 3 aromatic rings. The first-order valence-corrected chi connectivity index (χ1v) is 9.60. The van der Waals surface area contributed by atoms with Crippen molar-refractivity contribution in [2.24, 2.45) is 0 Å². The number of nitrogens with one attached hydrogen (secondary N) is 2. The van der Waals surface area contributed by atoms with Gasteiger partial charge in [0.15, 0.2) is 0 Å². The molecule has 6 nitrogen and oxygen atoms in total. The van der Waals surface area contributed by atoms with Crippen LogP contribution in [0.1, 0.15) is 32.9 Å². The van der Waals surface area contributed by atoms with E-state index in [9.17, 15) is 4.79 Å². The van der Waals surface area contributed by atoms with Gasteiger partial charge in [-0.2, -0.15) is 0 Å². The lowest BCUT2D eigenvalue weighted by molar-refractivity contribution is 0.0949. The first kappa shape index (κ1) is 20.3. The molecule has 0 saturated heterocycles. The van der Waals surface area contributed by atoms with Crippen molar-refractivity contribution >= 4 is 11.9 Å². The van der Waals surface area contributed by atoms with Crippen LogP contribution in [0.2, 0.25) is 0 Å². The predicted octanol–water partition coefficient (Wildman–Crippen LogP) is 3.69. The molecule has 2 aromatic carbocycles. The van der Waals surface area contributed by atoms with E-state index in [1.165, 1.54) is 5.56 Å². The van der Waals surface area contributed by atoms with Crippen molar-refractivity contribution in [3.05, 3.63) is 82.7 Å². The summed E-state index contributed by atoms with van der Waals surface area (Å²) >= 11 is 0. The molecule has 0 saturated carbocycles. The number of amides is 1. The molecule has 29 heavy (non-hydrogen) atoms. The van der Waals surface area contributed by atoms with Gasteiger partial charge in [-0.15, -0.1) is 0 Å². The van der Waals surface area contributed by atoms with E-state index in [2.05, 4.69) is 51.8 Å². The topological polar surface area (TPSA) is 76.1 Å². The summed E-state index contributed by atoms with van der Waals surface area (Å²) in [5.41, 5.74) is 4.58. The van der Waals surface area contributed by atoms with Crippen LogP contribution in [0.5, 0.6) is 5.75 Å². The summed E-state index contributed by atoms with van der Waals surface area (Å²) in [7, 11) is 1.64. The average Bonchev–Trinajstić information content (AvgIpc) is 2.73. The summed E-state index contributed by atoms with van der Waals surface area (Å²) in [4.78, 5) is 21.2. The van der Waals surface area contributed by atoms with Gasteiger partial charge < -0.3 is 15.4 Å². The number of methoxy groups -OCH3 is 1. The third-order valence-electron chi connectivity index (χ3n) is 4.52. The minimum atomic E-state index is -0.206. The Morgan fingerprint density at radius 1 is 0.966 bits per heavy atom. The van der Waals surface area contributed by atoms with Crippen LogP contribution in [0.25, 0.3) is 0 Å². The van der Waals surface area contributed by atoms with Crippen LogP contribution in [-0.2, 0) is 13.0 Å². The van der Waals surface area contributed by atoms with Gasteiger partial charge in [-0.05, 0) is 49.6 Å². The molecule has 0 radical (unpaired) electrons. The summed E-state index contributed by atoms with van der Waals surface area (Å²) in [6.07, 6.45) is 0.734. The summed E-state index contributed by atoms with van der Waals surface area (Å²) in [6, 6.07) is 17.8. The number of ether oxygens (including phenoxy) is 1. The molecule has 0 unspecified atom stereocenters. The number of carbonyl (C=O) groups is 1. The van der Waals surface area contributed by atoms with E-state index in [1.807, 2.05) is 31.2 Å². The van der Waals surface area contributed by atoms with Gasteiger partial charge in [0.2, 0.25) is 5.95 Å². The van der Waals surface area contributed by atoms with Gasteiger partial charge in [0.25, 0.3) is 5.91 Å². The Balaban J connectivity index is 1.56. The second-order valence-electron chi connectivity index (χ2n) is 6.91. The van der Waals surface area contributed by atoms with Gasteiger partial charge in [0.05, 0.1) is 7.11 Å². The highest BCUT2D eigenvalue weighted by Crippen LogP contribution is 2.12. The Bertz CT molecular complexity index is 954. The van der Waals surface area contributed by atoms with Gasteiger partial charge in [-0.3, -0.25) is 4.79 Å². The normalized spacial score (nSPS) is 10.4. The molecule has 3 rings (SSSR count). The molecule has 0 aliphatic heterocycles. The van der Waals surface area contributed by atoms with Crippen LogP contribution in [0, 0.1) is 13.8 Å². The molecule has 6 heteroatoms. The Labute approximate surface area is 171 Å². The number of aryl methyl sites for hydroxylation is 2. The number of hydrogen-bond acceptors (Lipinski definition) is 5. The minimum Gasteiger partial charge on any atom is -0.497 e. The van der Waals surface area contributed by atoms with Crippen LogP contribution in [0.3, 0.4) is 0 Å². The highest BCUT2D eigenvalue weighted by atomic mass is 16.5. The van der Waals surface area contributed by atoms with E-state index < -0.39 is 0 Å². The van der Waals surface area contributed by atoms with Crippen molar-refractivity contribution < 1.29 is 9.53 Å². The predicted molar refractivity (Wildman–Crippen MR) is 114 cm³/mol. The molecule has 0 atom stereocenters. The summed E-state index contributed by atoms with van der Waals surface area (Å²) in [5, 5.41) is 6.12. The zero-order chi connectivity index (χ0) is 20.6. The van der Waals surface area contributed by atoms with Crippen LogP contribution in [0.15, 0.2) is 54.6 Å². The number of anilines is 1. The second kappa shape index (κ2) is 9.68. The van der Waals surface area contributed by atoms with Crippen LogP contribution in [0.4, 0.5) is 5.95 Å². The maximum Gasteiger partial charge on any atom is 0.270 e. The number of rotatable bonds is 8. The van der Waals surface area contributed by atoms with Crippen molar-refractivity contribution in [2.75, 3.05) is 19.0 Å². The van der Waals surface area contributed by atoms with Crippen molar-refractivity contribution in [3.63, 3.8) is 0 Å². The number of hydrogen-bond donors (Lipinski definition) is 2. The molecule has 0 aliphatic carbocycles. The van der Waals surface area contributed by atoms with Crippen LogP contribution < -0.4 is 15.4 Å². The Kier molecular flexibility index (Phi) is 6.79. The van der Waals surface area contributed by atoms with E-state index in [0.717, 1.165) is 29.0 Å². The molecule has 1 amide bonds. The Morgan fingerprint density at radius 3 is 2.34 bits per heavy atom. The molecular formula is C23H26N4O2. The van der Waals surface area contributed by atoms with Gasteiger partial charge in [-0.1, -0.05) is 42.0 Å². The standard InChI is InChI=1S/C23H26N4O2/c1-16-4-6-19(7-5-16)15-25-23-26-17(2)14-21(27-23)22(28)24-13-12-18-8-10-20(29-3)11-9-18/h4-11,14H,12-13,15H2,1-3H3,(H,24,28)(H,25,26,27). The molecule has 1 aromatic heterocycles. The lowest BCUT2D eigenvalue weighted by Crippen LogP contribution is -2.27. The maximum absolute atomic E-state index is 12.5. The third-order valence-corrected chi connectivity index (χ3v) is 4.52. The molecule has 0 bridgehead atoms. The van der Waals surface area contributed by atoms with E-state index >= 15 is 0 Å². The van der Waals surface area contributed by atoms with Gasteiger partial charge in [-0.25, -0.2) is 9.97 Å². The highest BCUT2D eigenvalue weighted by Gasteiger charge is 2.10. The summed E-state index contributed by atoms with van der Waals surface area (Å²) in [5.74, 6) is 1.06. The molecule has 1 heterocycles. The van der Waals surface area contributed by atoms with Crippen LogP contribution in [-0.4, -0.2) is 29.5 Å². The largest absolute Gasteiger partial charge is 0.497 e. The molecule has 0 aliphatic rings. The van der Waals surface area contributed by atoms with E-state index in [1.54, 1.807) is 13.2 Å². The fraction of sp³-hybridized carbons (Fsp3) is 0.261. The molecule has 2 N–H and O–H groups in total. The van der Waals surface area contributed by atoms with Crippen molar-refractivity contribution in [3.8, 4) is 5.75 Å². The molecule has 0 fully saturated rings. The SMILES string of the molecule is COc1ccc(CCNC(=O)c2cc(C)nc(NCc3ccc(C)cc3)n2)cc1. The van der Waals surface area contributed by atoms with Gasteiger partial charge >= 0.3 is 0 Å². The quantitative estimate of drug-likeness (QED) is 0.614. The lowest BCUT2D eigenvalue weighted by atomic mass is 10.1. The first-order valence-electron chi connectivity index (χ1n) is 9.60. The monoisotopic (exact) mass is 390 g/mol. The molecule has 0 spiro atoms. The summed E-state index contributed by atoms with van der Waals surface area (Å²) < 4.78 is 5.16. The van der Waals surface area contributed by atoms with E-state index in [0.29, 0.717) is 24.7 Å². The minimum absolute atomic E-state index is 0.206. The number of benzene rings is 2. The average molecular weight is 390 g/mol. The van der Waals surface area contributed by atoms with Gasteiger partial charge in [0.1, 0.15) is 11.4 Å². The lowest BCUT2D eigenvalue weighted by Gasteiger charge is -2.09. The zero-order valence-electron chi connectivity index (χ0n) is 17.0. The smallest absolute Gasteiger partial charge is 0.270 e. The Hall–Kier alpha value is -3.41. The number of nitrogens with zero attached hydrogens (tertiary/aromatic N) is 2. The maximum atomic E-state index is 12.5. The number of aromatic nitrogens is 2. The second-order valence-corrected chi connectivity index (χ2v) is 6.91. The molecule has 150 valence electrons.